The van der Waals surface area contributed by atoms with Crippen molar-refractivity contribution in [2.45, 2.75) is 32.6 Å². The predicted molar refractivity (Wildman–Crippen MR) is 100 cm³/mol. The van der Waals surface area contributed by atoms with Gasteiger partial charge in [-0.05, 0) is 30.5 Å². The first-order valence-electron chi connectivity index (χ1n) is 8.82. The maximum absolute atomic E-state index is 12.0. The van der Waals surface area contributed by atoms with Gasteiger partial charge in [-0.2, -0.15) is 0 Å². The Hall–Kier alpha value is -3.22. The van der Waals surface area contributed by atoms with Crippen LogP contribution in [0.25, 0.3) is 5.69 Å². The number of carboxylic acids is 2. The molecule has 7 heteroatoms. The third-order valence-electron chi connectivity index (χ3n) is 4.84. The minimum absolute atomic E-state index is 0.0671. The quantitative estimate of drug-likeness (QED) is 0.815. The summed E-state index contributed by atoms with van der Waals surface area (Å²) in [6.07, 6.45) is 6.01. The monoisotopic (exact) mass is 367 g/mol. The first-order chi connectivity index (χ1) is 13.0. The van der Waals surface area contributed by atoms with Crippen LogP contribution in [0.3, 0.4) is 0 Å². The fourth-order valence-electron chi connectivity index (χ4n) is 3.58. The average molecular weight is 367 g/mol. The molecule has 2 N–H and O–H groups in total. The fourth-order valence-corrected chi connectivity index (χ4v) is 3.58. The standard InChI is InChI=1S/C20H21N3O4/c1-3-14-17(19(24)25)16(18(20(26)27)15(4-2)22-14)12-5-7-13(8-6-12)23-10-9-21-11-23/h5-11,16-17H,3-4H2,1-2H3,(H,24,25)(H,26,27). The largest absolute Gasteiger partial charge is 0.481 e. The number of hydrogen-bond donors (Lipinski definition) is 2. The van der Waals surface area contributed by atoms with Gasteiger partial charge >= 0.3 is 11.9 Å². The fraction of sp³-hybridized carbons (Fsp3) is 0.300. The number of aliphatic carboxylic acids is 2. The summed E-state index contributed by atoms with van der Waals surface area (Å²) >= 11 is 0. The smallest absolute Gasteiger partial charge is 0.334 e. The molecule has 1 aliphatic heterocycles. The van der Waals surface area contributed by atoms with Crippen molar-refractivity contribution >= 4 is 17.7 Å². The van der Waals surface area contributed by atoms with Crippen LogP contribution < -0.4 is 0 Å². The summed E-state index contributed by atoms with van der Waals surface area (Å²) in [4.78, 5) is 32.4. The zero-order valence-electron chi connectivity index (χ0n) is 15.2. The summed E-state index contributed by atoms with van der Waals surface area (Å²) in [5.41, 5.74) is 2.53. The van der Waals surface area contributed by atoms with Crippen LogP contribution in [0.4, 0.5) is 0 Å². The lowest BCUT2D eigenvalue weighted by atomic mass is 9.74. The molecular weight excluding hydrogens is 346 g/mol. The summed E-state index contributed by atoms with van der Waals surface area (Å²) in [6, 6.07) is 7.23. The number of nitrogens with zero attached hydrogens (tertiary/aromatic N) is 3. The lowest BCUT2D eigenvalue weighted by molar-refractivity contribution is -0.140. The molecule has 0 amide bonds. The van der Waals surface area contributed by atoms with Gasteiger partial charge in [-0.3, -0.25) is 9.79 Å². The van der Waals surface area contributed by atoms with E-state index in [2.05, 4.69) is 9.98 Å². The van der Waals surface area contributed by atoms with Gasteiger partial charge < -0.3 is 14.8 Å². The number of benzene rings is 1. The predicted octanol–water partition coefficient (Wildman–Crippen LogP) is 3.27. The second-order valence-corrected chi connectivity index (χ2v) is 6.33. The third-order valence-corrected chi connectivity index (χ3v) is 4.84. The van der Waals surface area contributed by atoms with Crippen LogP contribution in [0, 0.1) is 5.92 Å². The molecule has 2 atom stereocenters. The van der Waals surface area contributed by atoms with E-state index in [1.807, 2.05) is 30.5 Å². The van der Waals surface area contributed by atoms with E-state index in [1.54, 1.807) is 30.9 Å². The van der Waals surface area contributed by atoms with Crippen molar-refractivity contribution in [3.8, 4) is 5.69 Å². The van der Waals surface area contributed by atoms with Crippen LogP contribution in [-0.2, 0) is 9.59 Å². The molecule has 27 heavy (non-hydrogen) atoms. The van der Waals surface area contributed by atoms with Gasteiger partial charge in [0, 0.05) is 29.7 Å². The van der Waals surface area contributed by atoms with E-state index in [4.69, 9.17) is 0 Å². The number of carboxylic acid groups (broad SMARTS) is 2. The van der Waals surface area contributed by atoms with E-state index in [0.29, 0.717) is 29.8 Å². The van der Waals surface area contributed by atoms with Crippen LogP contribution in [0.5, 0.6) is 0 Å². The van der Waals surface area contributed by atoms with Gasteiger partial charge in [0.05, 0.1) is 17.6 Å². The highest BCUT2D eigenvalue weighted by molar-refractivity contribution is 6.07. The van der Waals surface area contributed by atoms with Crippen molar-refractivity contribution in [3.63, 3.8) is 0 Å². The van der Waals surface area contributed by atoms with E-state index >= 15 is 0 Å². The average Bonchev–Trinajstić information content (AvgIpc) is 3.20. The Morgan fingerprint density at radius 2 is 1.81 bits per heavy atom. The molecule has 0 bridgehead atoms. The van der Waals surface area contributed by atoms with Crippen molar-refractivity contribution in [1.29, 1.82) is 0 Å². The maximum Gasteiger partial charge on any atom is 0.334 e. The molecule has 7 nitrogen and oxygen atoms in total. The number of carbonyl (C=O) groups is 2. The van der Waals surface area contributed by atoms with Gasteiger partial charge in [0.25, 0.3) is 0 Å². The van der Waals surface area contributed by atoms with Gasteiger partial charge in [-0.1, -0.05) is 26.0 Å². The number of allylic oxidation sites excluding steroid dienone is 1. The van der Waals surface area contributed by atoms with Crippen molar-refractivity contribution in [1.82, 2.24) is 9.55 Å². The van der Waals surface area contributed by atoms with E-state index < -0.39 is 23.8 Å². The van der Waals surface area contributed by atoms with Gasteiger partial charge in [-0.25, -0.2) is 9.78 Å². The SMILES string of the molecule is CCC1=NC(CC)=C(C(=O)O)C(c2ccc(-n3ccnc3)cc2)C1C(=O)O. The molecule has 0 aliphatic carbocycles. The van der Waals surface area contributed by atoms with Crippen LogP contribution in [0.2, 0.25) is 0 Å². The Bertz CT molecular complexity index is 911. The Labute approximate surface area is 156 Å². The van der Waals surface area contributed by atoms with Crippen molar-refractivity contribution < 1.29 is 19.8 Å². The van der Waals surface area contributed by atoms with E-state index in [1.165, 1.54) is 0 Å². The highest BCUT2D eigenvalue weighted by Crippen LogP contribution is 2.40. The zero-order valence-corrected chi connectivity index (χ0v) is 15.2. The minimum atomic E-state index is -1.12. The van der Waals surface area contributed by atoms with E-state index in [0.717, 1.165) is 5.69 Å². The summed E-state index contributed by atoms with van der Waals surface area (Å²) < 4.78 is 1.82. The Morgan fingerprint density at radius 1 is 1.11 bits per heavy atom. The molecule has 2 heterocycles. The highest BCUT2D eigenvalue weighted by Gasteiger charge is 2.42. The van der Waals surface area contributed by atoms with Gasteiger partial charge in [-0.15, -0.1) is 0 Å². The normalized spacial score (nSPS) is 19.7. The molecule has 1 aromatic heterocycles. The van der Waals surface area contributed by atoms with Gasteiger partial charge in [0.2, 0.25) is 0 Å². The van der Waals surface area contributed by atoms with Gasteiger partial charge in [0.1, 0.15) is 5.92 Å². The first-order valence-corrected chi connectivity index (χ1v) is 8.82. The van der Waals surface area contributed by atoms with Crippen LogP contribution in [0.15, 0.2) is 59.2 Å². The van der Waals surface area contributed by atoms with E-state index in [9.17, 15) is 19.8 Å². The molecule has 0 radical (unpaired) electrons. The molecule has 2 aromatic rings. The number of imidazole rings is 1. The first kappa shape index (κ1) is 18.6. The third kappa shape index (κ3) is 3.40. The minimum Gasteiger partial charge on any atom is -0.481 e. The summed E-state index contributed by atoms with van der Waals surface area (Å²) in [6.45, 7) is 3.67. The molecule has 0 saturated heterocycles. The molecular formula is C20H21N3O4. The summed E-state index contributed by atoms with van der Waals surface area (Å²) in [5.74, 6) is -3.95. The Balaban J connectivity index is 2.13. The molecule has 0 fully saturated rings. The van der Waals surface area contributed by atoms with Gasteiger partial charge in [0.15, 0.2) is 0 Å². The van der Waals surface area contributed by atoms with Crippen molar-refractivity contribution in [3.05, 3.63) is 59.8 Å². The molecule has 140 valence electrons. The number of aromatic nitrogens is 2. The molecule has 0 saturated carbocycles. The topological polar surface area (TPSA) is 105 Å². The van der Waals surface area contributed by atoms with Crippen molar-refractivity contribution in [2.75, 3.05) is 0 Å². The van der Waals surface area contributed by atoms with Crippen LogP contribution in [-0.4, -0.2) is 37.4 Å². The molecule has 2 unspecified atom stereocenters. The summed E-state index contributed by atoms with van der Waals surface area (Å²) in [5, 5.41) is 19.6. The highest BCUT2D eigenvalue weighted by atomic mass is 16.4. The van der Waals surface area contributed by atoms with Crippen LogP contribution >= 0.6 is 0 Å². The number of aliphatic imine (C=N–C) groups is 1. The van der Waals surface area contributed by atoms with E-state index in [-0.39, 0.29) is 5.57 Å². The number of hydrogen-bond acceptors (Lipinski definition) is 4. The Morgan fingerprint density at radius 3 is 2.30 bits per heavy atom. The summed E-state index contributed by atoms with van der Waals surface area (Å²) in [7, 11) is 0. The zero-order chi connectivity index (χ0) is 19.6. The second kappa shape index (κ2) is 7.57. The molecule has 1 aliphatic rings. The molecule has 3 rings (SSSR count). The molecule has 0 spiro atoms. The number of rotatable bonds is 6. The lowest BCUT2D eigenvalue weighted by Crippen LogP contribution is -2.36. The lowest BCUT2D eigenvalue weighted by Gasteiger charge is -2.31. The molecule has 1 aromatic carbocycles. The second-order valence-electron chi connectivity index (χ2n) is 6.33. The van der Waals surface area contributed by atoms with Crippen molar-refractivity contribution in [2.24, 2.45) is 10.9 Å². The Kier molecular flexibility index (Phi) is 5.21. The van der Waals surface area contributed by atoms with Crippen LogP contribution in [0.1, 0.15) is 38.2 Å². The maximum atomic E-state index is 12.0.